The molecule has 1 amide bonds. The topological polar surface area (TPSA) is 33.2 Å². The Balaban J connectivity index is 2.45. The molecule has 0 saturated heterocycles. The minimum absolute atomic E-state index is 0.171. The summed E-state index contributed by atoms with van der Waals surface area (Å²) < 4.78 is 0. The zero-order valence-electron chi connectivity index (χ0n) is 11.2. The van der Waals surface area contributed by atoms with Crippen LogP contribution in [0.25, 0.3) is 0 Å². The molecular formula is C15H14Cl2N2O. The van der Waals surface area contributed by atoms with E-state index in [9.17, 15) is 4.79 Å². The van der Waals surface area contributed by atoms with Crippen LogP contribution in [-0.2, 0) is 0 Å². The molecule has 0 radical (unpaired) electrons. The molecule has 2 aromatic rings. The molecule has 0 N–H and O–H groups in total. The highest BCUT2D eigenvalue weighted by Gasteiger charge is 2.21. The number of aromatic nitrogens is 1. The Kier molecular flexibility index (Phi) is 4.63. The van der Waals surface area contributed by atoms with E-state index in [1.165, 1.54) is 0 Å². The van der Waals surface area contributed by atoms with Crippen molar-refractivity contribution < 1.29 is 4.79 Å². The highest BCUT2D eigenvalue weighted by molar-refractivity contribution is 6.35. The van der Waals surface area contributed by atoms with Gasteiger partial charge in [0, 0.05) is 12.2 Å². The summed E-state index contributed by atoms with van der Waals surface area (Å²) in [6, 6.07) is 10.8. The van der Waals surface area contributed by atoms with Crippen LogP contribution >= 0.6 is 23.2 Å². The molecule has 5 heteroatoms. The number of aryl methyl sites for hydroxylation is 1. The van der Waals surface area contributed by atoms with Gasteiger partial charge in [0.25, 0.3) is 5.91 Å². The molecule has 0 aliphatic rings. The zero-order valence-corrected chi connectivity index (χ0v) is 12.7. The van der Waals surface area contributed by atoms with E-state index in [4.69, 9.17) is 23.2 Å². The van der Waals surface area contributed by atoms with Gasteiger partial charge in [0.1, 0.15) is 10.8 Å². The molecule has 0 atom stereocenters. The molecule has 0 unspecified atom stereocenters. The summed E-state index contributed by atoms with van der Waals surface area (Å²) in [7, 11) is 0. The first kappa shape index (κ1) is 14.8. The van der Waals surface area contributed by atoms with Crippen LogP contribution in [0.1, 0.15) is 23.0 Å². The molecule has 0 bridgehead atoms. The van der Waals surface area contributed by atoms with E-state index >= 15 is 0 Å². The first-order valence-electron chi connectivity index (χ1n) is 6.24. The SMILES string of the molecule is CCN(C(=O)c1nc(Cl)ccc1Cl)c1ccccc1C. The van der Waals surface area contributed by atoms with Gasteiger partial charge in [-0.05, 0) is 37.6 Å². The lowest BCUT2D eigenvalue weighted by Gasteiger charge is -2.23. The van der Waals surface area contributed by atoms with E-state index < -0.39 is 0 Å². The molecule has 3 nitrogen and oxygen atoms in total. The molecule has 0 aliphatic carbocycles. The predicted molar refractivity (Wildman–Crippen MR) is 82.8 cm³/mol. The van der Waals surface area contributed by atoms with Gasteiger partial charge in [-0.2, -0.15) is 0 Å². The van der Waals surface area contributed by atoms with Crippen LogP contribution in [0.3, 0.4) is 0 Å². The second-order valence-corrected chi connectivity index (χ2v) is 5.09. The number of halogens is 2. The molecule has 1 heterocycles. The highest BCUT2D eigenvalue weighted by Crippen LogP contribution is 2.24. The van der Waals surface area contributed by atoms with Crippen molar-refractivity contribution in [2.75, 3.05) is 11.4 Å². The van der Waals surface area contributed by atoms with Crippen molar-refractivity contribution in [1.29, 1.82) is 0 Å². The molecule has 104 valence electrons. The van der Waals surface area contributed by atoms with Crippen LogP contribution in [0, 0.1) is 6.92 Å². The Bertz CT molecular complexity index is 644. The molecular weight excluding hydrogens is 295 g/mol. The first-order valence-corrected chi connectivity index (χ1v) is 6.99. The predicted octanol–water partition coefficient (Wildman–Crippen LogP) is 4.36. The van der Waals surface area contributed by atoms with Crippen LogP contribution in [-0.4, -0.2) is 17.4 Å². The smallest absolute Gasteiger partial charge is 0.278 e. The minimum Gasteiger partial charge on any atom is -0.307 e. The van der Waals surface area contributed by atoms with E-state index in [0.29, 0.717) is 11.6 Å². The Morgan fingerprint density at radius 2 is 1.90 bits per heavy atom. The second-order valence-electron chi connectivity index (χ2n) is 4.30. The summed E-state index contributed by atoms with van der Waals surface area (Å²) in [5, 5.41) is 0.546. The monoisotopic (exact) mass is 308 g/mol. The number of para-hydroxylation sites is 1. The molecule has 2 rings (SSSR count). The van der Waals surface area contributed by atoms with E-state index in [0.717, 1.165) is 11.3 Å². The summed E-state index contributed by atoms with van der Waals surface area (Å²) in [6.07, 6.45) is 0. The van der Waals surface area contributed by atoms with Gasteiger partial charge in [0.05, 0.1) is 5.02 Å². The summed E-state index contributed by atoms with van der Waals surface area (Å²) >= 11 is 11.9. The van der Waals surface area contributed by atoms with Crippen molar-refractivity contribution in [2.24, 2.45) is 0 Å². The quantitative estimate of drug-likeness (QED) is 0.789. The Hall–Kier alpha value is -1.58. The van der Waals surface area contributed by atoms with E-state index in [-0.39, 0.29) is 16.8 Å². The van der Waals surface area contributed by atoms with Gasteiger partial charge < -0.3 is 4.90 Å². The van der Waals surface area contributed by atoms with Crippen LogP contribution < -0.4 is 4.90 Å². The van der Waals surface area contributed by atoms with Crippen molar-refractivity contribution in [1.82, 2.24) is 4.98 Å². The number of hydrogen-bond donors (Lipinski definition) is 0. The average molecular weight is 309 g/mol. The van der Waals surface area contributed by atoms with Crippen molar-refractivity contribution in [3.05, 3.63) is 57.8 Å². The van der Waals surface area contributed by atoms with Gasteiger partial charge in [0.2, 0.25) is 0 Å². The molecule has 1 aromatic carbocycles. The molecule has 0 saturated carbocycles. The first-order chi connectivity index (χ1) is 9.54. The maximum absolute atomic E-state index is 12.6. The van der Waals surface area contributed by atoms with Crippen molar-refractivity contribution in [2.45, 2.75) is 13.8 Å². The van der Waals surface area contributed by atoms with Gasteiger partial charge >= 0.3 is 0 Å². The van der Waals surface area contributed by atoms with E-state index in [2.05, 4.69) is 4.98 Å². The Morgan fingerprint density at radius 3 is 2.55 bits per heavy atom. The fourth-order valence-corrected chi connectivity index (χ4v) is 2.32. The Morgan fingerprint density at radius 1 is 1.20 bits per heavy atom. The maximum atomic E-state index is 12.6. The van der Waals surface area contributed by atoms with E-state index in [1.54, 1.807) is 17.0 Å². The molecule has 0 fully saturated rings. The number of nitrogens with zero attached hydrogens (tertiary/aromatic N) is 2. The zero-order chi connectivity index (χ0) is 14.7. The van der Waals surface area contributed by atoms with Crippen molar-refractivity contribution >= 4 is 34.8 Å². The second kappa shape index (κ2) is 6.25. The van der Waals surface area contributed by atoms with Gasteiger partial charge in [-0.25, -0.2) is 4.98 Å². The normalized spacial score (nSPS) is 10.4. The number of anilines is 1. The summed E-state index contributed by atoms with van der Waals surface area (Å²) in [4.78, 5) is 18.3. The van der Waals surface area contributed by atoms with Crippen LogP contribution in [0.2, 0.25) is 10.2 Å². The third-order valence-corrected chi connectivity index (χ3v) is 3.50. The largest absolute Gasteiger partial charge is 0.307 e. The van der Waals surface area contributed by atoms with Crippen LogP contribution in [0.4, 0.5) is 5.69 Å². The molecule has 0 aliphatic heterocycles. The highest BCUT2D eigenvalue weighted by atomic mass is 35.5. The lowest BCUT2D eigenvalue weighted by molar-refractivity contribution is 0.0983. The van der Waals surface area contributed by atoms with Crippen LogP contribution in [0.5, 0.6) is 0 Å². The van der Waals surface area contributed by atoms with Gasteiger partial charge in [0.15, 0.2) is 0 Å². The number of hydrogen-bond acceptors (Lipinski definition) is 2. The summed E-state index contributed by atoms with van der Waals surface area (Å²) in [5.41, 5.74) is 2.03. The number of carbonyl (C=O) groups excluding carboxylic acids is 1. The summed E-state index contributed by atoms with van der Waals surface area (Å²) in [6.45, 7) is 4.38. The Labute approximate surface area is 128 Å². The molecule has 0 spiro atoms. The van der Waals surface area contributed by atoms with E-state index in [1.807, 2.05) is 38.1 Å². The molecule has 1 aromatic heterocycles. The third kappa shape index (κ3) is 2.94. The minimum atomic E-state index is -0.255. The van der Waals surface area contributed by atoms with Gasteiger partial charge in [-0.15, -0.1) is 0 Å². The van der Waals surface area contributed by atoms with Gasteiger partial charge in [-0.3, -0.25) is 4.79 Å². The van der Waals surface area contributed by atoms with Crippen LogP contribution in [0.15, 0.2) is 36.4 Å². The average Bonchev–Trinajstić information content (AvgIpc) is 2.44. The maximum Gasteiger partial charge on any atom is 0.278 e. The number of carbonyl (C=O) groups is 1. The number of rotatable bonds is 3. The molecule has 20 heavy (non-hydrogen) atoms. The van der Waals surface area contributed by atoms with Gasteiger partial charge in [-0.1, -0.05) is 41.4 Å². The number of amides is 1. The fourth-order valence-electron chi connectivity index (χ4n) is 1.99. The lowest BCUT2D eigenvalue weighted by atomic mass is 10.1. The van der Waals surface area contributed by atoms with Crippen molar-refractivity contribution in [3.8, 4) is 0 Å². The third-order valence-electron chi connectivity index (χ3n) is 2.98. The lowest BCUT2D eigenvalue weighted by Crippen LogP contribution is -2.32. The number of pyridine rings is 1. The number of benzene rings is 1. The standard InChI is InChI=1S/C15H14Cl2N2O/c1-3-19(12-7-5-4-6-10(12)2)15(20)14-11(16)8-9-13(17)18-14/h4-9H,3H2,1-2H3. The fraction of sp³-hybridized carbons (Fsp3) is 0.200. The summed E-state index contributed by atoms with van der Waals surface area (Å²) in [5.74, 6) is -0.255. The van der Waals surface area contributed by atoms with Crippen molar-refractivity contribution in [3.63, 3.8) is 0 Å².